The van der Waals surface area contributed by atoms with Crippen LogP contribution in [0.25, 0.3) is 10.9 Å². The Hall–Kier alpha value is -1.81. The molecule has 5 heteroatoms. The topological polar surface area (TPSA) is 65.1 Å². The standard InChI is InChI=1S/C13H13ClN2O2/c1-8-6-9-11(7-10(8)14)16(4-2-12(9)17)5-3-13(15)18/h2,4,6-7H,3,5H2,1H3,(H2,15,18). The highest BCUT2D eigenvalue weighted by Crippen LogP contribution is 2.21. The predicted octanol–water partition coefficient (Wildman–Crippen LogP) is 1.84. The van der Waals surface area contributed by atoms with E-state index in [1.807, 2.05) is 11.5 Å². The summed E-state index contributed by atoms with van der Waals surface area (Å²) in [5.41, 5.74) is 6.65. The molecule has 4 nitrogen and oxygen atoms in total. The molecule has 0 aliphatic rings. The average Bonchev–Trinajstić information content (AvgIpc) is 2.31. The third kappa shape index (κ3) is 2.38. The first-order chi connectivity index (χ1) is 8.49. The molecule has 18 heavy (non-hydrogen) atoms. The molecule has 0 aliphatic carbocycles. The second-order valence-electron chi connectivity index (χ2n) is 4.21. The second-order valence-corrected chi connectivity index (χ2v) is 4.62. The molecule has 2 N–H and O–H groups in total. The third-order valence-electron chi connectivity index (χ3n) is 2.86. The molecule has 2 aromatic rings. The number of fused-ring (bicyclic) bond motifs is 1. The van der Waals surface area contributed by atoms with Crippen molar-refractivity contribution in [2.24, 2.45) is 5.73 Å². The second kappa shape index (κ2) is 4.82. The first kappa shape index (κ1) is 12.6. The van der Waals surface area contributed by atoms with Crippen molar-refractivity contribution < 1.29 is 4.79 Å². The number of carbonyl (C=O) groups excluding carboxylic acids is 1. The predicted molar refractivity (Wildman–Crippen MR) is 71.8 cm³/mol. The Labute approximate surface area is 109 Å². The van der Waals surface area contributed by atoms with Gasteiger partial charge in [-0.2, -0.15) is 0 Å². The Kier molecular flexibility index (Phi) is 3.39. The number of halogens is 1. The van der Waals surface area contributed by atoms with E-state index in [9.17, 15) is 9.59 Å². The van der Waals surface area contributed by atoms with Crippen molar-refractivity contribution in [2.75, 3.05) is 0 Å². The summed E-state index contributed by atoms with van der Waals surface area (Å²) in [5, 5.41) is 1.20. The lowest BCUT2D eigenvalue weighted by molar-refractivity contribution is -0.118. The van der Waals surface area contributed by atoms with Gasteiger partial charge in [0.05, 0.1) is 5.52 Å². The quantitative estimate of drug-likeness (QED) is 0.919. The fraction of sp³-hybridized carbons (Fsp3) is 0.231. The fourth-order valence-corrected chi connectivity index (χ4v) is 2.02. The van der Waals surface area contributed by atoms with Crippen molar-refractivity contribution in [3.8, 4) is 0 Å². The van der Waals surface area contributed by atoms with Gasteiger partial charge in [0, 0.05) is 35.6 Å². The maximum Gasteiger partial charge on any atom is 0.219 e. The summed E-state index contributed by atoms with van der Waals surface area (Å²) in [6.45, 7) is 2.29. The maximum absolute atomic E-state index is 11.8. The normalized spacial score (nSPS) is 10.8. The number of benzene rings is 1. The Morgan fingerprint density at radius 1 is 1.44 bits per heavy atom. The van der Waals surface area contributed by atoms with Crippen LogP contribution in [0.3, 0.4) is 0 Å². The molecular weight excluding hydrogens is 252 g/mol. The Bertz CT molecular complexity index is 676. The number of nitrogens with two attached hydrogens (primary N) is 1. The largest absolute Gasteiger partial charge is 0.370 e. The van der Waals surface area contributed by atoms with Crippen molar-refractivity contribution in [3.05, 3.63) is 45.2 Å². The Morgan fingerprint density at radius 3 is 2.83 bits per heavy atom. The number of primary amides is 1. The third-order valence-corrected chi connectivity index (χ3v) is 3.26. The Balaban J connectivity index is 2.61. The van der Waals surface area contributed by atoms with Crippen LogP contribution in [-0.4, -0.2) is 10.5 Å². The molecular formula is C13H13ClN2O2. The summed E-state index contributed by atoms with van der Waals surface area (Å²) < 4.78 is 1.81. The van der Waals surface area contributed by atoms with E-state index in [0.29, 0.717) is 17.0 Å². The van der Waals surface area contributed by atoms with Crippen LogP contribution in [0.5, 0.6) is 0 Å². The van der Waals surface area contributed by atoms with Gasteiger partial charge in [0.2, 0.25) is 5.91 Å². The molecule has 94 valence electrons. The summed E-state index contributed by atoms with van der Waals surface area (Å²) in [5.74, 6) is -0.375. The zero-order valence-corrected chi connectivity index (χ0v) is 10.7. The molecule has 0 radical (unpaired) electrons. The van der Waals surface area contributed by atoms with Crippen LogP contribution in [0.2, 0.25) is 5.02 Å². The number of amides is 1. The van der Waals surface area contributed by atoms with Crippen LogP contribution in [0.1, 0.15) is 12.0 Å². The van der Waals surface area contributed by atoms with Crippen molar-refractivity contribution in [1.29, 1.82) is 0 Å². The SMILES string of the molecule is Cc1cc2c(=O)ccn(CCC(N)=O)c2cc1Cl. The lowest BCUT2D eigenvalue weighted by Crippen LogP contribution is -2.15. The molecule has 0 fully saturated rings. The van der Waals surface area contributed by atoms with Gasteiger partial charge in [0.15, 0.2) is 5.43 Å². The lowest BCUT2D eigenvalue weighted by Gasteiger charge is -2.11. The number of aromatic nitrogens is 1. The molecule has 1 heterocycles. The van der Waals surface area contributed by atoms with E-state index in [0.717, 1.165) is 11.1 Å². The fourth-order valence-electron chi connectivity index (χ4n) is 1.86. The van der Waals surface area contributed by atoms with Gasteiger partial charge in [-0.15, -0.1) is 0 Å². The molecule has 0 saturated carbocycles. The lowest BCUT2D eigenvalue weighted by atomic mass is 10.1. The molecule has 0 saturated heterocycles. The first-order valence-corrected chi connectivity index (χ1v) is 5.94. The number of hydrogen-bond donors (Lipinski definition) is 1. The number of carbonyl (C=O) groups is 1. The highest BCUT2D eigenvalue weighted by atomic mass is 35.5. The van der Waals surface area contributed by atoms with Gasteiger partial charge in [-0.05, 0) is 24.6 Å². The summed E-state index contributed by atoms with van der Waals surface area (Å²) in [4.78, 5) is 22.6. The van der Waals surface area contributed by atoms with E-state index < -0.39 is 0 Å². The molecule has 0 atom stereocenters. The van der Waals surface area contributed by atoms with Gasteiger partial charge in [0.25, 0.3) is 0 Å². The van der Waals surface area contributed by atoms with Gasteiger partial charge < -0.3 is 10.3 Å². The van der Waals surface area contributed by atoms with Gasteiger partial charge in [0.1, 0.15) is 0 Å². The molecule has 0 bridgehead atoms. The van der Waals surface area contributed by atoms with Crippen LogP contribution >= 0.6 is 11.6 Å². The molecule has 1 amide bonds. The number of nitrogens with zero attached hydrogens (tertiary/aromatic N) is 1. The first-order valence-electron chi connectivity index (χ1n) is 5.56. The summed E-state index contributed by atoms with van der Waals surface area (Å²) >= 11 is 6.07. The molecule has 0 unspecified atom stereocenters. The molecule has 1 aromatic heterocycles. The minimum atomic E-state index is -0.375. The van der Waals surface area contributed by atoms with E-state index >= 15 is 0 Å². The van der Waals surface area contributed by atoms with Crippen LogP contribution in [0.4, 0.5) is 0 Å². The van der Waals surface area contributed by atoms with Gasteiger partial charge >= 0.3 is 0 Å². The Morgan fingerprint density at radius 2 is 2.17 bits per heavy atom. The van der Waals surface area contributed by atoms with Crippen molar-refractivity contribution in [3.63, 3.8) is 0 Å². The zero-order chi connectivity index (χ0) is 13.3. The van der Waals surface area contributed by atoms with Crippen molar-refractivity contribution in [2.45, 2.75) is 19.9 Å². The highest BCUT2D eigenvalue weighted by molar-refractivity contribution is 6.32. The van der Waals surface area contributed by atoms with Gasteiger partial charge in [-0.25, -0.2) is 0 Å². The van der Waals surface area contributed by atoms with E-state index in [1.165, 1.54) is 6.07 Å². The number of pyridine rings is 1. The molecule has 1 aromatic carbocycles. The van der Waals surface area contributed by atoms with Crippen molar-refractivity contribution in [1.82, 2.24) is 4.57 Å². The monoisotopic (exact) mass is 264 g/mol. The van der Waals surface area contributed by atoms with Crippen molar-refractivity contribution >= 4 is 28.4 Å². The number of aryl methyl sites for hydroxylation is 2. The van der Waals surface area contributed by atoms with E-state index in [-0.39, 0.29) is 17.8 Å². The smallest absolute Gasteiger partial charge is 0.219 e. The maximum atomic E-state index is 11.8. The van der Waals surface area contributed by atoms with Crippen LogP contribution in [0.15, 0.2) is 29.2 Å². The number of hydrogen-bond acceptors (Lipinski definition) is 2. The van der Waals surface area contributed by atoms with E-state index in [1.54, 1.807) is 18.3 Å². The van der Waals surface area contributed by atoms with Gasteiger partial charge in [-0.3, -0.25) is 9.59 Å². The highest BCUT2D eigenvalue weighted by Gasteiger charge is 2.06. The summed E-state index contributed by atoms with van der Waals surface area (Å²) in [6.07, 6.45) is 1.88. The molecule has 2 rings (SSSR count). The van der Waals surface area contributed by atoms with E-state index in [2.05, 4.69) is 0 Å². The van der Waals surface area contributed by atoms with Gasteiger partial charge in [-0.1, -0.05) is 11.6 Å². The van der Waals surface area contributed by atoms with E-state index in [4.69, 9.17) is 17.3 Å². The average molecular weight is 265 g/mol. The van der Waals surface area contributed by atoms with Crippen LogP contribution in [-0.2, 0) is 11.3 Å². The minimum absolute atomic E-state index is 0.0555. The van der Waals surface area contributed by atoms with Crippen LogP contribution < -0.4 is 11.2 Å². The summed E-state index contributed by atoms with van der Waals surface area (Å²) in [7, 11) is 0. The molecule has 0 aliphatic heterocycles. The zero-order valence-electron chi connectivity index (χ0n) is 9.94. The van der Waals surface area contributed by atoms with Crippen LogP contribution in [0, 0.1) is 6.92 Å². The summed E-state index contributed by atoms with van der Waals surface area (Å²) in [6, 6.07) is 4.99. The minimum Gasteiger partial charge on any atom is -0.370 e. The number of rotatable bonds is 3. The molecule has 0 spiro atoms.